The van der Waals surface area contributed by atoms with E-state index in [4.69, 9.17) is 5.73 Å². The Kier molecular flexibility index (Phi) is 3.70. The van der Waals surface area contributed by atoms with E-state index in [0.29, 0.717) is 29.0 Å². The maximum absolute atomic E-state index is 12.2. The van der Waals surface area contributed by atoms with Crippen molar-refractivity contribution in [2.24, 2.45) is 5.73 Å². The van der Waals surface area contributed by atoms with E-state index >= 15 is 0 Å². The van der Waals surface area contributed by atoms with Crippen LogP contribution in [0.4, 0.5) is 0 Å². The Morgan fingerprint density at radius 3 is 2.60 bits per heavy atom. The van der Waals surface area contributed by atoms with E-state index in [9.17, 15) is 4.79 Å². The van der Waals surface area contributed by atoms with Crippen molar-refractivity contribution in [3.8, 4) is 5.69 Å². The minimum Gasteiger partial charge on any atom is -0.365 e. The van der Waals surface area contributed by atoms with E-state index in [-0.39, 0.29) is 0 Å². The monoisotopic (exact) mass is 329 g/mol. The number of fused-ring (bicyclic) bond motifs is 1. The van der Waals surface area contributed by atoms with E-state index in [1.807, 2.05) is 42.5 Å². The van der Waals surface area contributed by atoms with Crippen molar-refractivity contribution in [3.63, 3.8) is 0 Å². The number of nitrogens with two attached hydrogens (primary N) is 1. The van der Waals surface area contributed by atoms with Gasteiger partial charge in [0.15, 0.2) is 5.65 Å². The number of hydrogen-bond acceptors (Lipinski definition) is 4. The molecule has 122 valence electrons. The lowest BCUT2D eigenvalue weighted by Gasteiger charge is -2.12. The SMILES string of the molecule is NC(=O)c1c(-n2cnc3cccnc32)ccnc1Cc1ccccc1. The Hall–Kier alpha value is -3.54. The van der Waals surface area contributed by atoms with Gasteiger partial charge >= 0.3 is 0 Å². The molecule has 0 bridgehead atoms. The first-order chi connectivity index (χ1) is 12.2. The maximum atomic E-state index is 12.2. The summed E-state index contributed by atoms with van der Waals surface area (Å²) in [4.78, 5) is 25.3. The van der Waals surface area contributed by atoms with E-state index in [1.54, 1.807) is 29.4 Å². The molecule has 2 N–H and O–H groups in total. The highest BCUT2D eigenvalue weighted by Crippen LogP contribution is 2.22. The Morgan fingerprint density at radius 1 is 0.960 bits per heavy atom. The van der Waals surface area contributed by atoms with E-state index < -0.39 is 5.91 Å². The van der Waals surface area contributed by atoms with Crippen LogP contribution >= 0.6 is 0 Å². The molecule has 4 aromatic rings. The van der Waals surface area contributed by atoms with Gasteiger partial charge in [-0.05, 0) is 23.8 Å². The molecule has 0 aliphatic heterocycles. The van der Waals surface area contributed by atoms with Crippen molar-refractivity contribution in [2.75, 3.05) is 0 Å². The molecule has 3 aromatic heterocycles. The number of pyridine rings is 2. The molecule has 0 aliphatic rings. The van der Waals surface area contributed by atoms with Crippen molar-refractivity contribution in [3.05, 3.63) is 84.1 Å². The lowest BCUT2D eigenvalue weighted by Crippen LogP contribution is -2.18. The van der Waals surface area contributed by atoms with Crippen LogP contribution in [-0.4, -0.2) is 25.4 Å². The zero-order chi connectivity index (χ0) is 17.2. The Balaban J connectivity index is 1.89. The van der Waals surface area contributed by atoms with Crippen LogP contribution < -0.4 is 5.73 Å². The van der Waals surface area contributed by atoms with Gasteiger partial charge in [-0.15, -0.1) is 0 Å². The van der Waals surface area contributed by atoms with E-state index in [2.05, 4.69) is 15.0 Å². The van der Waals surface area contributed by atoms with Crippen LogP contribution in [0.3, 0.4) is 0 Å². The highest BCUT2D eigenvalue weighted by atomic mass is 16.1. The Morgan fingerprint density at radius 2 is 1.80 bits per heavy atom. The van der Waals surface area contributed by atoms with Crippen molar-refractivity contribution in [1.29, 1.82) is 0 Å². The summed E-state index contributed by atoms with van der Waals surface area (Å²) < 4.78 is 1.77. The predicted octanol–water partition coefficient (Wildman–Crippen LogP) is 2.51. The summed E-state index contributed by atoms with van der Waals surface area (Å²) in [5.41, 5.74) is 9.82. The second-order valence-corrected chi connectivity index (χ2v) is 5.64. The van der Waals surface area contributed by atoms with Crippen LogP contribution in [0.2, 0.25) is 0 Å². The summed E-state index contributed by atoms with van der Waals surface area (Å²) in [5, 5.41) is 0. The highest BCUT2D eigenvalue weighted by molar-refractivity contribution is 5.98. The Labute approximate surface area is 144 Å². The van der Waals surface area contributed by atoms with Gasteiger partial charge in [-0.2, -0.15) is 0 Å². The number of primary amides is 1. The number of rotatable bonds is 4. The number of amides is 1. The number of aromatic nitrogens is 4. The van der Waals surface area contributed by atoms with Gasteiger partial charge in [-0.3, -0.25) is 14.3 Å². The van der Waals surface area contributed by atoms with Crippen molar-refractivity contribution < 1.29 is 4.79 Å². The summed E-state index contributed by atoms with van der Waals surface area (Å²) in [6, 6.07) is 15.3. The quantitative estimate of drug-likeness (QED) is 0.623. The van der Waals surface area contributed by atoms with E-state index in [0.717, 1.165) is 11.1 Å². The number of benzene rings is 1. The fourth-order valence-electron chi connectivity index (χ4n) is 2.91. The van der Waals surface area contributed by atoms with Crippen LogP contribution in [0, 0.1) is 0 Å². The standard InChI is InChI=1S/C19H15N5O/c20-18(25)17-15(11-13-5-2-1-3-6-13)21-10-8-16(17)24-12-23-14-7-4-9-22-19(14)24/h1-10,12H,11H2,(H2,20,25). The number of nitrogens with zero attached hydrogens (tertiary/aromatic N) is 4. The Bertz CT molecular complexity index is 1060. The summed E-state index contributed by atoms with van der Waals surface area (Å²) in [7, 11) is 0. The van der Waals surface area contributed by atoms with Crippen LogP contribution in [0.1, 0.15) is 21.6 Å². The number of hydrogen-bond donors (Lipinski definition) is 1. The molecule has 1 amide bonds. The predicted molar refractivity (Wildman–Crippen MR) is 94.4 cm³/mol. The minimum absolute atomic E-state index is 0.385. The highest BCUT2D eigenvalue weighted by Gasteiger charge is 2.18. The van der Waals surface area contributed by atoms with Crippen molar-refractivity contribution >= 4 is 17.1 Å². The molecule has 0 saturated heterocycles. The van der Waals surface area contributed by atoms with Gasteiger partial charge in [0.05, 0.1) is 16.9 Å². The van der Waals surface area contributed by atoms with Gasteiger partial charge in [-0.1, -0.05) is 30.3 Å². The molecule has 3 heterocycles. The molecule has 0 fully saturated rings. The zero-order valence-electron chi connectivity index (χ0n) is 13.3. The van der Waals surface area contributed by atoms with Gasteiger partial charge in [-0.25, -0.2) is 9.97 Å². The molecular weight excluding hydrogens is 314 g/mol. The topological polar surface area (TPSA) is 86.7 Å². The van der Waals surface area contributed by atoms with Crippen LogP contribution in [0.15, 0.2) is 67.3 Å². The van der Waals surface area contributed by atoms with Gasteiger partial charge in [0.25, 0.3) is 5.91 Å². The first kappa shape index (κ1) is 15.0. The second kappa shape index (κ2) is 6.16. The lowest BCUT2D eigenvalue weighted by molar-refractivity contribution is 0.0999. The fraction of sp³-hybridized carbons (Fsp3) is 0.0526. The smallest absolute Gasteiger partial charge is 0.252 e. The summed E-state index contributed by atoms with van der Waals surface area (Å²) >= 11 is 0. The molecule has 25 heavy (non-hydrogen) atoms. The molecule has 0 aliphatic carbocycles. The van der Waals surface area contributed by atoms with Crippen LogP contribution in [0.25, 0.3) is 16.9 Å². The average molecular weight is 329 g/mol. The van der Waals surface area contributed by atoms with Crippen LogP contribution in [0.5, 0.6) is 0 Å². The average Bonchev–Trinajstić information content (AvgIpc) is 3.06. The molecule has 6 heteroatoms. The number of carbonyl (C=O) groups is 1. The third-order valence-electron chi connectivity index (χ3n) is 4.03. The molecule has 0 spiro atoms. The maximum Gasteiger partial charge on any atom is 0.252 e. The van der Waals surface area contributed by atoms with Crippen molar-refractivity contribution in [2.45, 2.75) is 6.42 Å². The van der Waals surface area contributed by atoms with Gasteiger partial charge in [0.1, 0.15) is 11.8 Å². The van der Waals surface area contributed by atoms with Gasteiger partial charge < -0.3 is 5.73 Å². The minimum atomic E-state index is -0.521. The first-order valence-electron chi connectivity index (χ1n) is 7.84. The zero-order valence-corrected chi connectivity index (χ0v) is 13.3. The second-order valence-electron chi connectivity index (χ2n) is 5.64. The van der Waals surface area contributed by atoms with Crippen LogP contribution in [-0.2, 0) is 6.42 Å². The largest absolute Gasteiger partial charge is 0.365 e. The molecule has 0 radical (unpaired) electrons. The van der Waals surface area contributed by atoms with Crippen molar-refractivity contribution in [1.82, 2.24) is 19.5 Å². The fourth-order valence-corrected chi connectivity index (χ4v) is 2.91. The summed E-state index contributed by atoms with van der Waals surface area (Å²) in [6.45, 7) is 0. The molecule has 4 rings (SSSR count). The summed E-state index contributed by atoms with van der Waals surface area (Å²) in [5.74, 6) is -0.521. The third-order valence-corrected chi connectivity index (χ3v) is 4.03. The summed E-state index contributed by atoms with van der Waals surface area (Å²) in [6.07, 6.45) is 5.53. The third kappa shape index (κ3) is 2.74. The molecular formula is C19H15N5O. The molecule has 0 unspecified atom stereocenters. The number of imidazole rings is 1. The normalized spacial score (nSPS) is 10.9. The number of carbonyl (C=O) groups excluding carboxylic acids is 1. The van der Waals surface area contributed by atoms with Gasteiger partial charge in [0, 0.05) is 18.8 Å². The van der Waals surface area contributed by atoms with Gasteiger partial charge in [0.2, 0.25) is 0 Å². The molecule has 1 aromatic carbocycles. The molecule has 6 nitrogen and oxygen atoms in total. The lowest BCUT2D eigenvalue weighted by atomic mass is 10.0. The molecule has 0 atom stereocenters. The van der Waals surface area contributed by atoms with E-state index in [1.165, 1.54) is 0 Å². The molecule has 0 saturated carbocycles. The first-order valence-corrected chi connectivity index (χ1v) is 7.84.